The summed E-state index contributed by atoms with van der Waals surface area (Å²) in [6.07, 6.45) is 0.0732. The van der Waals surface area contributed by atoms with E-state index >= 15 is 0 Å². The zero-order chi connectivity index (χ0) is 30.0. The van der Waals surface area contributed by atoms with Gasteiger partial charge in [0.25, 0.3) is 0 Å². The Bertz CT molecular complexity index is 1340. The van der Waals surface area contributed by atoms with Crippen molar-refractivity contribution in [2.75, 3.05) is 45.5 Å². The number of primary amides is 1. The number of benzene rings is 1. The van der Waals surface area contributed by atoms with Gasteiger partial charge in [0.1, 0.15) is 5.75 Å². The minimum absolute atomic E-state index is 0.0398. The van der Waals surface area contributed by atoms with Crippen LogP contribution in [0.15, 0.2) is 6.07 Å². The van der Waals surface area contributed by atoms with Gasteiger partial charge < -0.3 is 31.5 Å². The topological polar surface area (TPSA) is 199 Å². The van der Waals surface area contributed by atoms with Crippen LogP contribution in [0, 0.1) is 23.7 Å². The summed E-state index contributed by atoms with van der Waals surface area (Å²) in [5.74, 6) is -11.8. The van der Waals surface area contributed by atoms with E-state index in [9.17, 15) is 39.0 Å². The molecule has 2 amide bonds. The Morgan fingerprint density at radius 1 is 1.12 bits per heavy atom. The lowest BCUT2D eigenvalue weighted by molar-refractivity contribution is -0.181. The molecule has 5 unspecified atom stereocenters. The molecular weight excluding hydrogens is 522 g/mol. The number of fused-ring (bicyclic) bond motifs is 3. The van der Waals surface area contributed by atoms with Crippen LogP contribution in [0.5, 0.6) is 5.75 Å². The van der Waals surface area contributed by atoms with E-state index < -0.39 is 82.1 Å². The lowest BCUT2D eigenvalue weighted by Gasteiger charge is -2.52. The van der Waals surface area contributed by atoms with E-state index in [0.29, 0.717) is 11.3 Å². The summed E-state index contributed by atoms with van der Waals surface area (Å²) in [6.45, 7) is 1.61. The van der Waals surface area contributed by atoms with Gasteiger partial charge in [-0.3, -0.25) is 33.7 Å². The van der Waals surface area contributed by atoms with Crippen molar-refractivity contribution in [2.24, 2.45) is 29.4 Å². The van der Waals surface area contributed by atoms with Crippen LogP contribution in [-0.4, -0.2) is 103 Å². The largest absolute Gasteiger partial charge is 0.505 e. The van der Waals surface area contributed by atoms with Crippen LogP contribution in [0.4, 0.5) is 11.4 Å². The standard InChI is InChI=1S/C27H35N5O8/c1-10(29-2)26(39)30-14-9-15(31(3)4)12-7-11-8-13-19(32(5)6)22(35)18(25(28)38)24(37)27(13,40)23(36)16(11)21(34)17(12)20(14)33/h9-11,13,16,18-19,29,33,40H,7-8H2,1-6H3,(H2,28,38)(H,30,39)/t10?,11?,13?,16?,18?,19-,27-/m0/s1. The summed E-state index contributed by atoms with van der Waals surface area (Å²) in [4.78, 5) is 82.4. The van der Waals surface area contributed by atoms with Gasteiger partial charge in [-0.2, -0.15) is 0 Å². The number of nitrogens with zero attached hydrogens (tertiary/aromatic N) is 2. The molecule has 3 aliphatic carbocycles. The number of Topliss-reactive ketones (excluding diaryl/α,β-unsaturated/α-hetero) is 4. The van der Waals surface area contributed by atoms with Gasteiger partial charge in [-0.15, -0.1) is 0 Å². The second kappa shape index (κ2) is 10.1. The van der Waals surface area contributed by atoms with Gasteiger partial charge in [0, 0.05) is 25.7 Å². The number of carbonyl (C=O) groups is 6. The molecule has 2 saturated carbocycles. The van der Waals surface area contributed by atoms with Crippen LogP contribution < -0.4 is 21.3 Å². The maximum absolute atomic E-state index is 14.0. The fraction of sp³-hybridized carbons (Fsp3) is 0.556. The van der Waals surface area contributed by atoms with Crippen molar-refractivity contribution < 1.29 is 39.0 Å². The van der Waals surface area contributed by atoms with Crippen molar-refractivity contribution in [1.82, 2.24) is 10.2 Å². The minimum Gasteiger partial charge on any atom is -0.505 e. The fourth-order valence-electron chi connectivity index (χ4n) is 6.52. The Kier molecular flexibility index (Phi) is 7.37. The number of nitrogens with two attached hydrogens (primary N) is 1. The summed E-state index contributed by atoms with van der Waals surface area (Å²) >= 11 is 0. The molecule has 216 valence electrons. The molecule has 13 nitrogen and oxygen atoms in total. The maximum atomic E-state index is 14.0. The molecule has 1 aromatic rings. The van der Waals surface area contributed by atoms with Crippen LogP contribution in [0.3, 0.4) is 0 Å². The first-order valence-electron chi connectivity index (χ1n) is 13.0. The zero-order valence-corrected chi connectivity index (χ0v) is 23.3. The summed E-state index contributed by atoms with van der Waals surface area (Å²) in [7, 11) is 8.09. The van der Waals surface area contributed by atoms with Gasteiger partial charge in [0.2, 0.25) is 11.8 Å². The van der Waals surface area contributed by atoms with E-state index in [0.717, 1.165) is 0 Å². The Labute approximate surface area is 231 Å². The molecule has 40 heavy (non-hydrogen) atoms. The fourth-order valence-corrected chi connectivity index (χ4v) is 6.52. The lowest BCUT2D eigenvalue weighted by atomic mass is 9.52. The third-order valence-electron chi connectivity index (χ3n) is 8.60. The van der Waals surface area contributed by atoms with E-state index in [1.807, 2.05) is 0 Å². The highest BCUT2D eigenvalue weighted by atomic mass is 16.3. The maximum Gasteiger partial charge on any atom is 0.241 e. The first-order valence-corrected chi connectivity index (χ1v) is 13.0. The number of aromatic hydroxyl groups is 1. The number of ketones is 4. The van der Waals surface area contributed by atoms with Gasteiger partial charge in [0.15, 0.2) is 34.7 Å². The summed E-state index contributed by atoms with van der Waals surface area (Å²) in [6, 6.07) is -0.251. The Hall–Kier alpha value is -3.68. The average Bonchev–Trinajstić information content (AvgIpc) is 2.86. The van der Waals surface area contributed by atoms with E-state index in [-0.39, 0.29) is 24.1 Å². The normalized spacial score (nSPS) is 30.4. The van der Waals surface area contributed by atoms with Gasteiger partial charge in [-0.25, -0.2) is 0 Å². The van der Waals surface area contributed by atoms with Crippen molar-refractivity contribution in [3.8, 4) is 5.75 Å². The van der Waals surface area contributed by atoms with Crippen LogP contribution in [0.1, 0.15) is 29.3 Å². The number of phenolic OH excluding ortho intramolecular Hbond substituents is 1. The quantitative estimate of drug-likeness (QED) is 0.201. The first kappa shape index (κ1) is 29.3. The summed E-state index contributed by atoms with van der Waals surface area (Å²) in [5.41, 5.74) is 3.28. The molecule has 0 aromatic heterocycles. The number of hydrogen-bond donors (Lipinski definition) is 5. The Balaban J connectivity index is 1.87. The second-order valence-corrected chi connectivity index (χ2v) is 11.3. The highest BCUT2D eigenvalue weighted by Gasteiger charge is 2.69. The molecule has 4 rings (SSSR count). The van der Waals surface area contributed by atoms with Crippen LogP contribution in [0.2, 0.25) is 0 Å². The monoisotopic (exact) mass is 557 g/mol. The summed E-state index contributed by atoms with van der Waals surface area (Å²) in [5, 5.41) is 28.2. The SMILES string of the molecule is CNC(C)C(=O)Nc1cc(N(C)C)c2c(c1O)C(=O)C1C(=O)[C@]3(O)C(=O)C(C(N)=O)C(=O)[C@@H](N(C)C)C3CC1C2. The van der Waals surface area contributed by atoms with Crippen molar-refractivity contribution in [2.45, 2.75) is 37.5 Å². The molecular formula is C27H35N5O8. The molecule has 13 heteroatoms. The second-order valence-electron chi connectivity index (χ2n) is 11.3. The molecule has 7 atom stereocenters. The molecule has 0 heterocycles. The van der Waals surface area contributed by atoms with E-state index in [1.54, 1.807) is 33.0 Å². The molecule has 0 radical (unpaired) electrons. The number of aliphatic hydroxyl groups is 1. The number of amides is 2. The van der Waals surface area contributed by atoms with Crippen LogP contribution in [0.25, 0.3) is 0 Å². The number of nitrogens with one attached hydrogen (secondary N) is 2. The van der Waals surface area contributed by atoms with Crippen molar-refractivity contribution in [3.63, 3.8) is 0 Å². The number of anilines is 2. The van der Waals surface area contributed by atoms with Crippen molar-refractivity contribution in [3.05, 3.63) is 17.2 Å². The van der Waals surface area contributed by atoms with Crippen LogP contribution in [-0.2, 0) is 30.4 Å². The third-order valence-corrected chi connectivity index (χ3v) is 8.60. The predicted molar refractivity (Wildman–Crippen MR) is 143 cm³/mol. The molecule has 0 bridgehead atoms. The zero-order valence-electron chi connectivity index (χ0n) is 23.3. The number of likely N-dealkylation sites (N-methyl/N-ethyl adjacent to an activating group) is 2. The molecule has 3 aliphatic rings. The lowest BCUT2D eigenvalue weighted by Crippen LogP contribution is -2.74. The number of phenols is 1. The highest BCUT2D eigenvalue weighted by Crippen LogP contribution is 2.52. The van der Waals surface area contributed by atoms with Crippen LogP contribution >= 0.6 is 0 Å². The molecule has 1 aromatic carbocycles. The number of rotatable bonds is 6. The number of hydrogen-bond acceptors (Lipinski definition) is 11. The third kappa shape index (κ3) is 4.11. The van der Waals surface area contributed by atoms with Gasteiger partial charge in [-0.05, 0) is 58.5 Å². The van der Waals surface area contributed by atoms with Crippen molar-refractivity contribution in [1.29, 1.82) is 0 Å². The molecule has 2 fully saturated rings. The average molecular weight is 558 g/mol. The molecule has 0 saturated heterocycles. The predicted octanol–water partition coefficient (Wildman–Crippen LogP) is -1.52. The molecule has 0 aliphatic heterocycles. The first-order chi connectivity index (χ1) is 18.6. The Morgan fingerprint density at radius 3 is 2.27 bits per heavy atom. The smallest absolute Gasteiger partial charge is 0.241 e. The van der Waals surface area contributed by atoms with E-state index in [4.69, 9.17) is 5.73 Å². The van der Waals surface area contributed by atoms with E-state index in [1.165, 1.54) is 25.1 Å². The Morgan fingerprint density at radius 2 is 1.75 bits per heavy atom. The van der Waals surface area contributed by atoms with Gasteiger partial charge in [-0.1, -0.05) is 0 Å². The molecule has 6 N–H and O–H groups in total. The number of carbonyl (C=O) groups excluding carboxylic acids is 6. The van der Waals surface area contributed by atoms with Crippen molar-refractivity contribution >= 4 is 46.3 Å². The minimum atomic E-state index is -2.80. The van der Waals surface area contributed by atoms with Gasteiger partial charge in [0.05, 0.1) is 29.3 Å². The van der Waals surface area contributed by atoms with E-state index in [2.05, 4.69) is 10.6 Å². The van der Waals surface area contributed by atoms with Gasteiger partial charge >= 0.3 is 0 Å². The molecule has 0 spiro atoms. The summed E-state index contributed by atoms with van der Waals surface area (Å²) < 4.78 is 0. The highest BCUT2D eigenvalue weighted by molar-refractivity contribution is 6.32.